The van der Waals surface area contributed by atoms with Crippen LogP contribution in [0.2, 0.25) is 0 Å². The van der Waals surface area contributed by atoms with Gasteiger partial charge in [-0.05, 0) is 37.5 Å². The zero-order chi connectivity index (χ0) is 18.2. The first-order chi connectivity index (χ1) is 12.8. The molecule has 1 aromatic carbocycles. The van der Waals surface area contributed by atoms with Gasteiger partial charge in [-0.2, -0.15) is 0 Å². The van der Waals surface area contributed by atoms with Gasteiger partial charge in [0, 0.05) is 32.0 Å². The van der Waals surface area contributed by atoms with Crippen LogP contribution in [-0.4, -0.2) is 44.7 Å². The lowest BCUT2D eigenvalue weighted by atomic mass is 10.2. The molecule has 3 N–H and O–H groups in total. The third kappa shape index (κ3) is 7.08. The Balaban J connectivity index is 0.00000261. The summed E-state index contributed by atoms with van der Waals surface area (Å²) in [5.41, 5.74) is 1.06. The minimum Gasteiger partial charge on any atom is -0.490 e. The van der Waals surface area contributed by atoms with Crippen LogP contribution in [0.15, 0.2) is 23.2 Å². The average molecular weight is 488 g/mol. The van der Waals surface area contributed by atoms with E-state index in [2.05, 4.69) is 20.9 Å². The van der Waals surface area contributed by atoms with Gasteiger partial charge < -0.3 is 25.4 Å². The van der Waals surface area contributed by atoms with Crippen LogP contribution in [0.4, 0.5) is 0 Å². The zero-order valence-corrected chi connectivity index (χ0v) is 18.1. The Morgan fingerprint density at radius 2 is 1.85 bits per heavy atom. The molecule has 3 rings (SSSR count). The molecule has 0 aromatic heterocycles. The van der Waals surface area contributed by atoms with Gasteiger partial charge in [-0.15, -0.1) is 24.0 Å². The van der Waals surface area contributed by atoms with Crippen molar-refractivity contribution in [1.29, 1.82) is 0 Å². The van der Waals surface area contributed by atoms with Gasteiger partial charge in [0.05, 0.1) is 19.8 Å². The van der Waals surface area contributed by atoms with Crippen LogP contribution >= 0.6 is 24.0 Å². The summed E-state index contributed by atoms with van der Waals surface area (Å²) < 4.78 is 11.4. The SMILES string of the molecule is CCNC(=NCc1ccc2c(c1)OCCCO2)NCCNC(=O)C1CC1.I. The molecule has 0 radical (unpaired) electrons. The highest BCUT2D eigenvalue weighted by Crippen LogP contribution is 2.30. The molecular formula is C19H29IN4O3. The van der Waals surface area contributed by atoms with Crippen molar-refractivity contribution in [2.24, 2.45) is 10.9 Å². The Hall–Kier alpha value is -1.71. The number of rotatable bonds is 7. The second kappa shape index (κ2) is 11.2. The lowest BCUT2D eigenvalue weighted by Gasteiger charge is -2.12. The van der Waals surface area contributed by atoms with Crippen molar-refractivity contribution in [3.63, 3.8) is 0 Å². The van der Waals surface area contributed by atoms with Gasteiger partial charge in [0.25, 0.3) is 0 Å². The molecule has 1 fully saturated rings. The molecule has 8 heteroatoms. The van der Waals surface area contributed by atoms with Gasteiger partial charge in [-0.25, -0.2) is 4.99 Å². The monoisotopic (exact) mass is 488 g/mol. The minimum absolute atomic E-state index is 0. The lowest BCUT2D eigenvalue weighted by Crippen LogP contribution is -2.41. The van der Waals surface area contributed by atoms with E-state index in [1.165, 1.54) is 0 Å². The first-order valence-electron chi connectivity index (χ1n) is 9.44. The van der Waals surface area contributed by atoms with Crippen LogP contribution in [0, 0.1) is 5.92 Å². The molecule has 0 saturated heterocycles. The molecule has 1 saturated carbocycles. The number of halogens is 1. The Kier molecular flexibility index (Phi) is 8.96. The molecule has 2 aliphatic rings. The highest BCUT2D eigenvalue weighted by atomic mass is 127. The van der Waals surface area contributed by atoms with E-state index < -0.39 is 0 Å². The molecule has 1 aliphatic heterocycles. The van der Waals surface area contributed by atoms with Crippen molar-refractivity contribution in [3.8, 4) is 11.5 Å². The summed E-state index contributed by atoms with van der Waals surface area (Å²) >= 11 is 0. The Morgan fingerprint density at radius 3 is 2.59 bits per heavy atom. The molecule has 7 nitrogen and oxygen atoms in total. The number of amides is 1. The van der Waals surface area contributed by atoms with Crippen molar-refractivity contribution in [2.75, 3.05) is 32.8 Å². The molecule has 1 heterocycles. The second-order valence-corrected chi connectivity index (χ2v) is 6.52. The van der Waals surface area contributed by atoms with E-state index in [-0.39, 0.29) is 35.8 Å². The summed E-state index contributed by atoms with van der Waals surface area (Å²) in [4.78, 5) is 16.2. The number of benzene rings is 1. The largest absolute Gasteiger partial charge is 0.490 e. The Morgan fingerprint density at radius 1 is 1.11 bits per heavy atom. The predicted molar refractivity (Wildman–Crippen MR) is 116 cm³/mol. The normalized spacial score (nSPS) is 16.0. The van der Waals surface area contributed by atoms with Crippen LogP contribution in [0.25, 0.3) is 0 Å². The number of ether oxygens (including phenoxy) is 2. The molecule has 150 valence electrons. The zero-order valence-electron chi connectivity index (χ0n) is 15.8. The van der Waals surface area contributed by atoms with Gasteiger partial charge >= 0.3 is 0 Å². The second-order valence-electron chi connectivity index (χ2n) is 6.52. The number of nitrogens with one attached hydrogen (secondary N) is 3. The van der Waals surface area contributed by atoms with E-state index in [9.17, 15) is 4.79 Å². The predicted octanol–water partition coefficient (Wildman–Crippen LogP) is 2.05. The summed E-state index contributed by atoms with van der Waals surface area (Å²) in [6.45, 7) is 5.96. The molecule has 0 bridgehead atoms. The molecule has 1 aliphatic carbocycles. The van der Waals surface area contributed by atoms with E-state index in [4.69, 9.17) is 9.47 Å². The van der Waals surface area contributed by atoms with E-state index in [0.717, 1.165) is 48.8 Å². The molecular weight excluding hydrogens is 459 g/mol. The number of carbonyl (C=O) groups excluding carboxylic acids is 1. The standard InChI is InChI=1S/C19H28N4O3.HI/c1-2-20-19(22-9-8-21-18(24)15-5-6-15)23-13-14-4-7-16-17(12-14)26-11-3-10-25-16;/h4,7,12,15H,2-3,5-6,8-11,13H2,1H3,(H,21,24)(H2,20,22,23);1H. The first kappa shape index (κ1) is 21.6. The van der Waals surface area contributed by atoms with Gasteiger partial charge in [-0.1, -0.05) is 6.07 Å². The molecule has 0 spiro atoms. The Labute approximate surface area is 177 Å². The molecule has 0 atom stereocenters. The number of nitrogens with zero attached hydrogens (tertiary/aromatic N) is 1. The van der Waals surface area contributed by atoms with E-state index in [1.54, 1.807) is 0 Å². The average Bonchev–Trinajstić information content (AvgIpc) is 3.49. The first-order valence-corrected chi connectivity index (χ1v) is 9.44. The van der Waals surface area contributed by atoms with Gasteiger partial charge in [0.15, 0.2) is 17.5 Å². The molecule has 27 heavy (non-hydrogen) atoms. The summed E-state index contributed by atoms with van der Waals surface area (Å²) in [6, 6.07) is 5.94. The fraction of sp³-hybridized carbons (Fsp3) is 0.579. The summed E-state index contributed by atoms with van der Waals surface area (Å²) in [7, 11) is 0. The van der Waals surface area contributed by atoms with E-state index in [1.807, 2.05) is 25.1 Å². The third-order valence-electron chi connectivity index (χ3n) is 4.24. The van der Waals surface area contributed by atoms with Gasteiger partial charge in [0.1, 0.15) is 0 Å². The molecule has 1 amide bonds. The van der Waals surface area contributed by atoms with Crippen molar-refractivity contribution in [3.05, 3.63) is 23.8 Å². The van der Waals surface area contributed by atoms with Crippen LogP contribution < -0.4 is 25.4 Å². The number of aliphatic imine (C=N–C) groups is 1. The summed E-state index contributed by atoms with van der Waals surface area (Å²) in [6.07, 6.45) is 2.95. The maximum atomic E-state index is 11.6. The molecule has 1 aromatic rings. The number of fused-ring (bicyclic) bond motifs is 1. The number of hydrogen-bond donors (Lipinski definition) is 3. The minimum atomic E-state index is 0. The fourth-order valence-corrected chi connectivity index (χ4v) is 2.67. The van der Waals surface area contributed by atoms with Crippen LogP contribution in [-0.2, 0) is 11.3 Å². The highest BCUT2D eigenvalue weighted by molar-refractivity contribution is 14.0. The highest BCUT2D eigenvalue weighted by Gasteiger charge is 2.28. The van der Waals surface area contributed by atoms with Crippen molar-refractivity contribution in [1.82, 2.24) is 16.0 Å². The number of carbonyl (C=O) groups is 1. The van der Waals surface area contributed by atoms with Crippen LogP contribution in [0.1, 0.15) is 31.7 Å². The Bertz CT molecular complexity index is 650. The lowest BCUT2D eigenvalue weighted by molar-refractivity contribution is -0.122. The quantitative estimate of drug-likeness (QED) is 0.237. The fourth-order valence-electron chi connectivity index (χ4n) is 2.67. The van der Waals surface area contributed by atoms with E-state index in [0.29, 0.717) is 32.8 Å². The van der Waals surface area contributed by atoms with Gasteiger partial charge in [-0.3, -0.25) is 4.79 Å². The number of hydrogen-bond acceptors (Lipinski definition) is 4. The summed E-state index contributed by atoms with van der Waals surface area (Å²) in [5.74, 6) is 2.74. The third-order valence-corrected chi connectivity index (χ3v) is 4.24. The van der Waals surface area contributed by atoms with Crippen molar-refractivity contribution in [2.45, 2.75) is 32.7 Å². The van der Waals surface area contributed by atoms with Gasteiger partial charge in [0.2, 0.25) is 5.91 Å². The van der Waals surface area contributed by atoms with E-state index >= 15 is 0 Å². The van der Waals surface area contributed by atoms with Crippen LogP contribution in [0.5, 0.6) is 11.5 Å². The number of guanidine groups is 1. The van der Waals surface area contributed by atoms with Crippen molar-refractivity contribution < 1.29 is 14.3 Å². The van der Waals surface area contributed by atoms with Crippen LogP contribution in [0.3, 0.4) is 0 Å². The summed E-state index contributed by atoms with van der Waals surface area (Å²) in [5, 5.41) is 9.41. The topological polar surface area (TPSA) is 84.0 Å². The van der Waals surface area contributed by atoms with Crippen molar-refractivity contribution >= 4 is 35.8 Å². The maximum Gasteiger partial charge on any atom is 0.223 e. The maximum absolute atomic E-state index is 11.6. The molecule has 0 unspecified atom stereocenters. The smallest absolute Gasteiger partial charge is 0.223 e.